The van der Waals surface area contributed by atoms with E-state index in [9.17, 15) is 4.79 Å². The van der Waals surface area contributed by atoms with E-state index in [1.54, 1.807) is 20.2 Å². The van der Waals surface area contributed by atoms with Crippen molar-refractivity contribution in [2.24, 2.45) is 0 Å². The second-order valence-corrected chi connectivity index (χ2v) is 6.63. The molecule has 140 valence electrons. The van der Waals surface area contributed by atoms with Gasteiger partial charge in [-0.3, -0.25) is 4.79 Å². The zero-order chi connectivity index (χ0) is 18.8. The molecule has 0 heterocycles. The number of nitrogens with one attached hydrogen (secondary N) is 2. The number of Topliss-reactive ketones (excluding diaryl/α,β-unsaturated/α-hetero) is 1. The maximum atomic E-state index is 11.5. The number of methoxy groups -OCH3 is 1. The predicted molar refractivity (Wildman–Crippen MR) is 108 cm³/mol. The lowest BCUT2D eigenvalue weighted by molar-refractivity contribution is -0.117. The number of benzene rings is 1. The molecule has 0 bridgehead atoms. The molecule has 4 N–H and O–H groups in total. The molecule has 6 nitrogen and oxygen atoms in total. The number of halogens is 1. The zero-order valence-electron chi connectivity index (χ0n) is 15.5. The van der Waals surface area contributed by atoms with E-state index in [2.05, 4.69) is 33.5 Å². The Kier molecular flexibility index (Phi) is 9.20. The highest BCUT2D eigenvalue weighted by Gasteiger charge is 2.16. The van der Waals surface area contributed by atoms with Crippen LogP contribution in [0.15, 0.2) is 22.9 Å². The Hall–Kier alpha value is -1.89. The Bertz CT molecular complexity index is 605. The topological polar surface area (TPSA) is 79.6 Å². The summed E-state index contributed by atoms with van der Waals surface area (Å²) in [6.45, 7) is 5.41. The van der Waals surface area contributed by atoms with E-state index in [1.807, 2.05) is 24.2 Å². The number of anilines is 2. The van der Waals surface area contributed by atoms with Gasteiger partial charge in [0.15, 0.2) is 0 Å². The van der Waals surface area contributed by atoms with Gasteiger partial charge in [-0.25, -0.2) is 0 Å². The van der Waals surface area contributed by atoms with Crippen LogP contribution >= 0.6 is 15.9 Å². The molecule has 0 spiro atoms. The number of hydrogen-bond acceptors (Lipinski definition) is 6. The summed E-state index contributed by atoms with van der Waals surface area (Å²) in [5, 5.41) is 6.29. The van der Waals surface area contributed by atoms with Crippen LogP contribution in [0.4, 0.5) is 11.4 Å². The third-order valence-corrected chi connectivity index (χ3v) is 4.58. The molecule has 0 aliphatic heterocycles. The average Bonchev–Trinajstić information content (AvgIpc) is 2.58. The van der Waals surface area contributed by atoms with Crippen LogP contribution in [0.5, 0.6) is 5.75 Å². The first-order chi connectivity index (χ1) is 11.9. The number of carbonyl (C=O) groups is 1. The molecule has 7 heteroatoms. The lowest BCUT2D eigenvalue weighted by Crippen LogP contribution is -2.24. The van der Waals surface area contributed by atoms with Gasteiger partial charge in [0.05, 0.1) is 19.3 Å². The maximum Gasteiger partial charge on any atom is 0.149 e. The number of nitrogens with two attached hydrogens (primary N) is 1. The average molecular weight is 413 g/mol. The van der Waals surface area contributed by atoms with Crippen LogP contribution in [0.2, 0.25) is 0 Å². The van der Waals surface area contributed by atoms with Crippen molar-refractivity contribution in [2.75, 3.05) is 38.3 Å². The van der Waals surface area contributed by atoms with Gasteiger partial charge in [-0.2, -0.15) is 0 Å². The second-order valence-electron chi connectivity index (χ2n) is 5.83. The molecule has 0 aliphatic rings. The summed E-state index contributed by atoms with van der Waals surface area (Å²) in [4.78, 5) is 13.4. The molecule has 1 aromatic carbocycles. The summed E-state index contributed by atoms with van der Waals surface area (Å²) in [6, 6.07) is 1.95. The fourth-order valence-electron chi connectivity index (χ4n) is 2.40. The minimum Gasteiger partial charge on any atom is -0.494 e. The molecule has 0 atom stereocenters. The van der Waals surface area contributed by atoms with E-state index in [4.69, 9.17) is 10.5 Å². The van der Waals surface area contributed by atoms with Crippen molar-refractivity contribution in [3.8, 4) is 5.75 Å². The van der Waals surface area contributed by atoms with Gasteiger partial charge < -0.3 is 26.0 Å². The highest BCUT2D eigenvalue weighted by atomic mass is 79.9. The van der Waals surface area contributed by atoms with E-state index in [-0.39, 0.29) is 5.78 Å². The lowest BCUT2D eigenvalue weighted by Gasteiger charge is -2.22. The summed E-state index contributed by atoms with van der Waals surface area (Å²) in [5.41, 5.74) is 8.69. The Morgan fingerprint density at radius 2 is 2.20 bits per heavy atom. The standard InChI is InChI=1S/C18H29BrN4O2/c1-5-6-7-22-18-15(25-4)10-14(16(19)17(18)20)12-23(9-8-21-3)11-13(2)24/h8-10,21-22H,5-7,11-12,20H2,1-4H3/b9-8-. The van der Waals surface area contributed by atoms with Crippen LogP contribution in [0.3, 0.4) is 0 Å². The molecule has 0 amide bonds. The van der Waals surface area contributed by atoms with Gasteiger partial charge in [-0.15, -0.1) is 0 Å². The SMILES string of the molecule is CCCCNc1c(OC)cc(CN(/C=C\NC)CC(C)=O)c(Br)c1N. The number of ether oxygens (including phenoxy) is 1. The number of nitrogen functional groups attached to an aromatic ring is 1. The largest absolute Gasteiger partial charge is 0.494 e. The maximum absolute atomic E-state index is 11.5. The molecule has 25 heavy (non-hydrogen) atoms. The first kappa shape index (κ1) is 21.2. The van der Waals surface area contributed by atoms with Gasteiger partial charge in [0.25, 0.3) is 0 Å². The zero-order valence-corrected chi connectivity index (χ0v) is 17.1. The van der Waals surface area contributed by atoms with Crippen molar-refractivity contribution in [3.63, 3.8) is 0 Å². The molecular formula is C18H29BrN4O2. The Labute approximate surface area is 158 Å². The molecule has 0 fully saturated rings. The molecule has 0 saturated heterocycles. The molecular weight excluding hydrogens is 384 g/mol. The minimum atomic E-state index is 0.0923. The number of hydrogen-bond donors (Lipinski definition) is 3. The number of carbonyl (C=O) groups excluding carboxylic acids is 1. The van der Waals surface area contributed by atoms with Gasteiger partial charge >= 0.3 is 0 Å². The van der Waals surface area contributed by atoms with Crippen LogP contribution in [0.1, 0.15) is 32.3 Å². The molecule has 0 aliphatic carbocycles. The first-order valence-electron chi connectivity index (χ1n) is 8.40. The van der Waals surface area contributed by atoms with E-state index < -0.39 is 0 Å². The monoisotopic (exact) mass is 412 g/mol. The molecule has 0 aromatic heterocycles. The number of rotatable bonds is 11. The quantitative estimate of drug-likeness (QED) is 0.382. The van der Waals surface area contributed by atoms with Crippen LogP contribution in [0.25, 0.3) is 0 Å². The normalized spacial score (nSPS) is 10.8. The second kappa shape index (κ2) is 10.9. The number of ketones is 1. The van der Waals surface area contributed by atoms with Crippen LogP contribution < -0.4 is 21.1 Å². The van der Waals surface area contributed by atoms with Gasteiger partial charge in [0, 0.05) is 37.0 Å². The molecule has 1 aromatic rings. The van der Waals surface area contributed by atoms with Gasteiger partial charge in [-0.05, 0) is 40.9 Å². The number of unbranched alkanes of at least 4 members (excludes halogenated alkanes) is 1. The molecule has 0 saturated carbocycles. The lowest BCUT2D eigenvalue weighted by atomic mass is 10.1. The van der Waals surface area contributed by atoms with Crippen molar-refractivity contribution in [1.82, 2.24) is 10.2 Å². The summed E-state index contributed by atoms with van der Waals surface area (Å²) in [6.07, 6.45) is 5.80. The predicted octanol–water partition coefficient (Wildman–Crippen LogP) is 3.33. The van der Waals surface area contributed by atoms with E-state index >= 15 is 0 Å². The number of nitrogens with zero attached hydrogens (tertiary/aromatic N) is 1. The van der Waals surface area contributed by atoms with Crippen molar-refractivity contribution in [3.05, 3.63) is 28.5 Å². The summed E-state index contributed by atoms with van der Waals surface area (Å²) in [7, 11) is 3.45. The summed E-state index contributed by atoms with van der Waals surface area (Å²) in [5.74, 6) is 0.793. The van der Waals surface area contributed by atoms with E-state index in [0.29, 0.717) is 24.5 Å². The summed E-state index contributed by atoms with van der Waals surface area (Å²) >= 11 is 3.59. The van der Waals surface area contributed by atoms with E-state index in [1.165, 1.54) is 0 Å². The van der Waals surface area contributed by atoms with Gasteiger partial charge in [0.1, 0.15) is 17.2 Å². The molecule has 0 unspecified atom stereocenters. The van der Waals surface area contributed by atoms with E-state index in [0.717, 1.165) is 35.1 Å². The van der Waals surface area contributed by atoms with Crippen molar-refractivity contribution in [1.29, 1.82) is 0 Å². The van der Waals surface area contributed by atoms with Crippen molar-refractivity contribution >= 4 is 33.1 Å². The molecule has 0 radical (unpaired) electrons. The Balaban J connectivity index is 3.11. The van der Waals surface area contributed by atoms with Crippen LogP contribution in [-0.2, 0) is 11.3 Å². The fraction of sp³-hybridized carbons (Fsp3) is 0.500. The first-order valence-corrected chi connectivity index (χ1v) is 9.19. The minimum absolute atomic E-state index is 0.0923. The third kappa shape index (κ3) is 6.49. The van der Waals surface area contributed by atoms with Gasteiger partial charge in [0.2, 0.25) is 0 Å². The fourth-order valence-corrected chi connectivity index (χ4v) is 2.84. The van der Waals surface area contributed by atoms with Crippen LogP contribution in [0, 0.1) is 0 Å². The van der Waals surface area contributed by atoms with Gasteiger partial charge in [-0.1, -0.05) is 13.3 Å². The highest BCUT2D eigenvalue weighted by Crippen LogP contribution is 2.39. The van der Waals surface area contributed by atoms with Crippen molar-refractivity contribution in [2.45, 2.75) is 33.2 Å². The highest BCUT2D eigenvalue weighted by molar-refractivity contribution is 9.10. The molecule has 1 rings (SSSR count). The smallest absolute Gasteiger partial charge is 0.149 e. The third-order valence-electron chi connectivity index (χ3n) is 3.64. The Morgan fingerprint density at radius 3 is 2.76 bits per heavy atom. The summed E-state index contributed by atoms with van der Waals surface area (Å²) < 4.78 is 6.34. The van der Waals surface area contributed by atoms with Crippen molar-refractivity contribution < 1.29 is 9.53 Å². The Morgan fingerprint density at radius 1 is 1.48 bits per heavy atom. The van der Waals surface area contributed by atoms with Crippen LogP contribution in [-0.4, -0.2) is 37.9 Å².